The van der Waals surface area contributed by atoms with Gasteiger partial charge >= 0.3 is 195 Å². The number of hydrogen-bond acceptors (Lipinski definition) is 5. The number of carbonyl (C=O) groups is 3. The summed E-state index contributed by atoms with van der Waals surface area (Å²) in [6.07, 6.45) is 4.57. The molecule has 4 aliphatic rings. The van der Waals surface area contributed by atoms with Gasteiger partial charge in [0, 0.05) is 0 Å². The van der Waals surface area contributed by atoms with E-state index in [1.165, 1.54) is 12.2 Å². The second-order valence-corrected chi connectivity index (χ2v) is 11.7. The molecule has 0 spiro atoms. The molecule has 0 radical (unpaired) electrons. The Morgan fingerprint density at radius 1 is 1.34 bits per heavy atom. The number of ketones is 1. The van der Waals surface area contributed by atoms with Crippen LogP contribution in [-0.4, -0.2) is 53.9 Å². The molecule has 0 aromatic carbocycles. The fourth-order valence-corrected chi connectivity index (χ4v) is 8.63. The third kappa shape index (κ3) is 2.68. The van der Waals surface area contributed by atoms with Gasteiger partial charge in [-0.1, -0.05) is 0 Å². The van der Waals surface area contributed by atoms with Crippen molar-refractivity contribution >= 4 is 31.4 Å². The van der Waals surface area contributed by atoms with Gasteiger partial charge in [-0.25, -0.2) is 0 Å². The number of ether oxygens (including phenoxy) is 1. The normalized spacial score (nSPS) is 44.9. The van der Waals surface area contributed by atoms with Gasteiger partial charge < -0.3 is 0 Å². The van der Waals surface area contributed by atoms with E-state index in [2.05, 4.69) is 6.58 Å². The van der Waals surface area contributed by atoms with Crippen molar-refractivity contribution in [2.24, 2.45) is 22.7 Å². The Kier molecular flexibility index (Phi) is 5.51. The molecule has 1 N–H and O–H groups in total. The van der Waals surface area contributed by atoms with Crippen LogP contribution in [-0.2, 0) is 19.1 Å². The van der Waals surface area contributed by atoms with Crippen LogP contribution in [0.3, 0.4) is 0 Å². The third-order valence-corrected chi connectivity index (χ3v) is 10.2. The average Bonchev–Trinajstić information content (AvgIpc) is 2.96. The van der Waals surface area contributed by atoms with Crippen molar-refractivity contribution in [1.29, 1.82) is 0 Å². The third-order valence-electron chi connectivity index (χ3n) is 8.83. The summed E-state index contributed by atoms with van der Waals surface area (Å²) in [4.78, 5) is 37.8. The number of alkyl halides is 1. The van der Waals surface area contributed by atoms with Crippen LogP contribution in [0.25, 0.3) is 0 Å². The van der Waals surface area contributed by atoms with Crippen molar-refractivity contribution in [3.63, 3.8) is 0 Å². The number of rotatable bonds is 4. The molecule has 5 nitrogen and oxygen atoms in total. The Bertz CT molecular complexity index is 971. The molecule has 3 fully saturated rings. The van der Waals surface area contributed by atoms with Gasteiger partial charge in [0.2, 0.25) is 0 Å². The minimum absolute atomic E-state index is 0.0207. The number of esters is 1. The fraction of sp³-hybridized carbons (Fsp3) is 0.640. The van der Waals surface area contributed by atoms with Gasteiger partial charge in [0.05, 0.1) is 0 Å². The molecule has 0 amide bonds. The molecule has 0 aliphatic heterocycles. The zero-order valence-corrected chi connectivity index (χ0v) is 20.8. The maximum atomic E-state index is 17.2. The zero-order chi connectivity index (χ0) is 23.7. The summed E-state index contributed by atoms with van der Waals surface area (Å²) >= 11 is -0.467. The number of hydrogen-bond donors (Lipinski definition) is 1. The van der Waals surface area contributed by atoms with Crippen LogP contribution in [0.5, 0.6) is 0 Å². The summed E-state index contributed by atoms with van der Waals surface area (Å²) in [5.74, 6) is 0.246. The number of halogens is 1. The molecule has 4 aliphatic carbocycles. The van der Waals surface area contributed by atoms with E-state index >= 15 is 4.39 Å². The van der Waals surface area contributed by atoms with Crippen LogP contribution in [0, 0.1) is 22.7 Å². The van der Waals surface area contributed by atoms with E-state index in [0.29, 0.717) is 30.4 Å². The van der Waals surface area contributed by atoms with E-state index in [0.717, 1.165) is 0 Å². The zero-order valence-electron chi connectivity index (χ0n) is 19.1. The van der Waals surface area contributed by atoms with Crippen LogP contribution in [0.1, 0.15) is 52.9 Å². The first-order valence-electron chi connectivity index (χ1n) is 11.2. The first-order valence-corrected chi connectivity index (χ1v) is 13.8. The molecule has 3 saturated carbocycles. The van der Waals surface area contributed by atoms with Gasteiger partial charge in [-0.2, -0.15) is 0 Å². The average molecular weight is 509 g/mol. The first-order chi connectivity index (χ1) is 14.9. The Hall–Kier alpha value is -1.56. The molecule has 0 aromatic rings. The topological polar surface area (TPSA) is 80.7 Å². The van der Waals surface area contributed by atoms with Crippen LogP contribution in [0.2, 0.25) is 5.82 Å². The standard InChI is InChI=1S/C25H31FO5Se/c1-6-20(29)31-25(21(30)32-5)14(2)11-18-17-8-7-15-12-16(27)9-10-22(15,3)24(17,26)19(28)13-23(18,25)4/h9-10,12,17-19,28H,2,6-8,11,13H2,1,3-5H3/t17-,18-,19-,22-,23-,24-,25-/m0/s1. The number of carbonyl (C=O) groups excluding carboxylic acids is 3. The van der Waals surface area contributed by atoms with E-state index < -0.39 is 55.0 Å². The van der Waals surface area contributed by atoms with Crippen molar-refractivity contribution in [1.82, 2.24) is 0 Å². The Balaban J connectivity index is 1.86. The van der Waals surface area contributed by atoms with Gasteiger partial charge in [0.25, 0.3) is 0 Å². The summed E-state index contributed by atoms with van der Waals surface area (Å²) in [5.41, 5.74) is -4.36. The SMILES string of the molecule is C=C1C[C@H]2[C@@H]3CCC4=CC(=O)C=C[C@]4(C)[C@@]3(F)[C@@H](O)C[C@]2(C)[C@@]1(OC(=O)CC)C(=O)[Se]C. The fourth-order valence-electron chi connectivity index (χ4n) is 7.15. The Morgan fingerprint density at radius 2 is 2.03 bits per heavy atom. The van der Waals surface area contributed by atoms with Gasteiger partial charge in [-0.05, 0) is 0 Å². The van der Waals surface area contributed by atoms with Crippen LogP contribution < -0.4 is 0 Å². The van der Waals surface area contributed by atoms with Crippen molar-refractivity contribution in [3.05, 3.63) is 36.0 Å². The Morgan fingerprint density at radius 3 is 2.66 bits per heavy atom. The van der Waals surface area contributed by atoms with Gasteiger partial charge in [0.15, 0.2) is 0 Å². The summed E-state index contributed by atoms with van der Waals surface area (Å²) in [5, 5.41) is 11.4. The van der Waals surface area contributed by atoms with E-state index in [9.17, 15) is 19.5 Å². The summed E-state index contributed by atoms with van der Waals surface area (Å²) < 4.78 is 22.9. The molecular formula is C25H31FO5Se. The van der Waals surface area contributed by atoms with E-state index in [1.54, 1.807) is 25.7 Å². The predicted octanol–water partition coefficient (Wildman–Crippen LogP) is 3.49. The quantitative estimate of drug-likeness (QED) is 0.357. The van der Waals surface area contributed by atoms with Crippen LogP contribution >= 0.6 is 0 Å². The second kappa shape index (κ2) is 7.47. The molecule has 0 aromatic heterocycles. The summed E-state index contributed by atoms with van der Waals surface area (Å²) in [7, 11) is 0. The molecule has 0 heterocycles. The predicted molar refractivity (Wildman–Crippen MR) is 119 cm³/mol. The Labute approximate surface area is 194 Å². The van der Waals surface area contributed by atoms with Crippen molar-refractivity contribution in [2.45, 2.75) is 76.1 Å². The number of aliphatic hydroxyl groups is 1. The van der Waals surface area contributed by atoms with Crippen molar-refractivity contribution in [3.8, 4) is 0 Å². The number of allylic oxidation sites excluding steroid dienone is 4. The monoisotopic (exact) mass is 510 g/mol. The number of fused-ring (bicyclic) bond motifs is 5. The molecule has 32 heavy (non-hydrogen) atoms. The molecular weight excluding hydrogens is 478 g/mol. The van der Waals surface area contributed by atoms with Crippen LogP contribution in [0.4, 0.5) is 4.39 Å². The number of aliphatic hydroxyl groups excluding tert-OH is 1. The van der Waals surface area contributed by atoms with E-state index in [-0.39, 0.29) is 29.2 Å². The summed E-state index contributed by atoms with van der Waals surface area (Å²) in [6.45, 7) is 9.45. The van der Waals surface area contributed by atoms with E-state index in [1.807, 2.05) is 6.92 Å². The molecule has 7 atom stereocenters. The van der Waals surface area contributed by atoms with E-state index in [4.69, 9.17) is 4.74 Å². The maximum absolute atomic E-state index is 17.2. The summed E-state index contributed by atoms with van der Waals surface area (Å²) in [6, 6.07) is 0. The van der Waals surface area contributed by atoms with Gasteiger partial charge in [-0.3, -0.25) is 0 Å². The first kappa shape index (κ1) is 23.6. The second-order valence-electron chi connectivity index (χ2n) is 10.1. The van der Waals surface area contributed by atoms with Gasteiger partial charge in [0.1, 0.15) is 0 Å². The van der Waals surface area contributed by atoms with Crippen molar-refractivity contribution in [2.75, 3.05) is 0 Å². The minimum atomic E-state index is -2.00. The molecule has 174 valence electrons. The molecule has 0 unspecified atom stereocenters. The molecule has 0 bridgehead atoms. The van der Waals surface area contributed by atoms with Crippen molar-refractivity contribution < 1.29 is 28.6 Å². The molecule has 4 rings (SSSR count). The molecule has 7 heteroatoms. The molecule has 0 saturated heterocycles. The van der Waals surface area contributed by atoms with Crippen LogP contribution in [0.15, 0.2) is 36.0 Å². The van der Waals surface area contributed by atoms with Gasteiger partial charge in [-0.15, -0.1) is 0 Å².